The molecule has 0 aromatic carbocycles. The molecule has 2 rings (SSSR count). The molecular weight excluding hydrogens is 240 g/mol. The van der Waals surface area contributed by atoms with E-state index in [0.717, 1.165) is 5.76 Å². The average Bonchev–Trinajstić information content (AvgIpc) is 2.96. The third-order valence-corrected chi connectivity index (χ3v) is 2.13. The topological polar surface area (TPSA) is 98.6 Å². The van der Waals surface area contributed by atoms with E-state index < -0.39 is 5.97 Å². The lowest BCUT2D eigenvalue weighted by Gasteiger charge is -1.95. The highest BCUT2D eigenvalue weighted by molar-refractivity contribution is 5.67. The Morgan fingerprint density at radius 3 is 2.89 bits per heavy atom. The zero-order valence-electron chi connectivity index (χ0n) is 9.54. The van der Waals surface area contributed by atoms with Crippen molar-refractivity contribution in [1.29, 1.82) is 0 Å². The number of nitrogens with zero attached hydrogens (tertiary/aromatic N) is 2. The number of carbonyl (C=O) groups is 1. The highest BCUT2D eigenvalue weighted by Crippen LogP contribution is 2.07. The van der Waals surface area contributed by atoms with Crippen LogP contribution in [0.1, 0.15) is 17.5 Å². The second-order valence-corrected chi connectivity index (χ2v) is 3.56. The van der Waals surface area contributed by atoms with E-state index in [0.29, 0.717) is 18.7 Å². The van der Waals surface area contributed by atoms with Crippen LogP contribution in [0.2, 0.25) is 0 Å². The number of ether oxygens (including phenoxy) is 1. The van der Waals surface area contributed by atoms with Gasteiger partial charge in [0, 0.05) is 12.8 Å². The summed E-state index contributed by atoms with van der Waals surface area (Å²) < 4.78 is 15.3. The van der Waals surface area contributed by atoms with Crippen LogP contribution < -0.4 is 0 Å². The van der Waals surface area contributed by atoms with Crippen LogP contribution in [0.15, 0.2) is 27.2 Å². The van der Waals surface area contributed by atoms with Gasteiger partial charge in [-0.25, -0.2) is 4.79 Å². The van der Waals surface area contributed by atoms with E-state index >= 15 is 0 Å². The van der Waals surface area contributed by atoms with Gasteiger partial charge in [-0.05, 0) is 12.1 Å². The predicted octanol–water partition coefficient (Wildman–Crippen LogP) is 1.05. The largest absolute Gasteiger partial charge is 0.480 e. The summed E-state index contributed by atoms with van der Waals surface area (Å²) in [5.74, 6) is 0.551. The van der Waals surface area contributed by atoms with Crippen molar-refractivity contribution in [3.63, 3.8) is 0 Å². The Bertz CT molecular complexity index is 491. The van der Waals surface area contributed by atoms with E-state index in [1.54, 1.807) is 6.26 Å². The molecular formula is C11H12N2O5. The molecule has 96 valence electrons. The molecule has 0 aliphatic carbocycles. The van der Waals surface area contributed by atoms with Gasteiger partial charge >= 0.3 is 5.97 Å². The average molecular weight is 252 g/mol. The second kappa shape index (κ2) is 5.97. The van der Waals surface area contributed by atoms with E-state index in [1.807, 2.05) is 12.1 Å². The SMILES string of the molecule is O=C(O)COCc1nnc(CCc2ccco2)o1. The van der Waals surface area contributed by atoms with Gasteiger partial charge in [-0.2, -0.15) is 0 Å². The third kappa shape index (κ3) is 3.70. The first-order chi connectivity index (χ1) is 8.74. The second-order valence-electron chi connectivity index (χ2n) is 3.56. The van der Waals surface area contributed by atoms with Crippen molar-refractivity contribution in [3.05, 3.63) is 35.9 Å². The number of aromatic nitrogens is 2. The fourth-order valence-corrected chi connectivity index (χ4v) is 1.36. The van der Waals surface area contributed by atoms with Gasteiger partial charge < -0.3 is 18.7 Å². The molecule has 7 heteroatoms. The van der Waals surface area contributed by atoms with Gasteiger partial charge in [0.2, 0.25) is 11.8 Å². The Labute approximate surface area is 102 Å². The van der Waals surface area contributed by atoms with E-state index in [2.05, 4.69) is 10.2 Å². The summed E-state index contributed by atoms with van der Waals surface area (Å²) >= 11 is 0. The lowest BCUT2D eigenvalue weighted by Crippen LogP contribution is -2.06. The first kappa shape index (κ1) is 12.3. The van der Waals surface area contributed by atoms with Crippen molar-refractivity contribution < 1.29 is 23.5 Å². The molecule has 0 spiro atoms. The minimum absolute atomic E-state index is 0.0000516. The summed E-state index contributed by atoms with van der Waals surface area (Å²) in [6, 6.07) is 3.68. The van der Waals surface area contributed by atoms with Gasteiger partial charge in [0.15, 0.2) is 0 Å². The van der Waals surface area contributed by atoms with Crippen molar-refractivity contribution in [2.24, 2.45) is 0 Å². The zero-order valence-corrected chi connectivity index (χ0v) is 9.54. The number of rotatable bonds is 7. The van der Waals surface area contributed by atoms with Crippen LogP contribution in [0, 0.1) is 0 Å². The van der Waals surface area contributed by atoms with E-state index in [-0.39, 0.29) is 19.1 Å². The number of hydrogen-bond donors (Lipinski definition) is 1. The van der Waals surface area contributed by atoms with Crippen molar-refractivity contribution in [2.75, 3.05) is 6.61 Å². The molecule has 0 saturated heterocycles. The normalized spacial score (nSPS) is 10.7. The first-order valence-corrected chi connectivity index (χ1v) is 5.37. The lowest BCUT2D eigenvalue weighted by molar-refractivity contribution is -0.142. The van der Waals surface area contributed by atoms with Crippen molar-refractivity contribution in [1.82, 2.24) is 10.2 Å². The molecule has 2 aromatic heterocycles. The quantitative estimate of drug-likeness (QED) is 0.786. The molecule has 0 saturated carbocycles. The van der Waals surface area contributed by atoms with Crippen molar-refractivity contribution >= 4 is 5.97 Å². The van der Waals surface area contributed by atoms with E-state index in [9.17, 15) is 4.79 Å². The van der Waals surface area contributed by atoms with Crippen LogP contribution in [0.25, 0.3) is 0 Å². The summed E-state index contributed by atoms with van der Waals surface area (Å²) in [4.78, 5) is 10.2. The molecule has 7 nitrogen and oxygen atoms in total. The van der Waals surface area contributed by atoms with Crippen LogP contribution in [0.3, 0.4) is 0 Å². The summed E-state index contributed by atoms with van der Waals surface area (Å²) in [7, 11) is 0. The lowest BCUT2D eigenvalue weighted by atomic mass is 10.2. The molecule has 0 amide bonds. The van der Waals surface area contributed by atoms with Crippen LogP contribution in [0.5, 0.6) is 0 Å². The van der Waals surface area contributed by atoms with Gasteiger partial charge in [0.05, 0.1) is 6.26 Å². The fourth-order valence-electron chi connectivity index (χ4n) is 1.36. The van der Waals surface area contributed by atoms with Crippen LogP contribution in [0.4, 0.5) is 0 Å². The molecule has 0 atom stereocenters. The Balaban J connectivity index is 1.77. The summed E-state index contributed by atoms with van der Waals surface area (Å²) in [5.41, 5.74) is 0. The Morgan fingerprint density at radius 1 is 1.33 bits per heavy atom. The molecule has 2 aromatic rings. The molecule has 0 unspecified atom stereocenters. The number of hydrogen-bond acceptors (Lipinski definition) is 6. The molecule has 0 aliphatic rings. The number of aryl methyl sites for hydroxylation is 2. The van der Waals surface area contributed by atoms with E-state index in [1.165, 1.54) is 0 Å². The zero-order chi connectivity index (χ0) is 12.8. The monoisotopic (exact) mass is 252 g/mol. The standard InChI is InChI=1S/C11H12N2O5/c14-11(15)7-16-6-10-13-12-9(18-10)4-3-8-2-1-5-17-8/h1-2,5H,3-4,6-7H2,(H,14,15). The molecule has 0 aliphatic heterocycles. The van der Waals surface area contributed by atoms with E-state index in [4.69, 9.17) is 18.7 Å². The number of carboxylic acids is 1. The molecule has 18 heavy (non-hydrogen) atoms. The summed E-state index contributed by atoms with van der Waals surface area (Å²) in [5, 5.41) is 16.0. The Kier molecular flexibility index (Phi) is 4.08. The minimum atomic E-state index is -1.03. The fraction of sp³-hybridized carbons (Fsp3) is 0.364. The highest BCUT2D eigenvalue weighted by Gasteiger charge is 2.08. The number of aliphatic carboxylic acids is 1. The maximum atomic E-state index is 10.2. The first-order valence-electron chi connectivity index (χ1n) is 5.37. The molecule has 0 radical (unpaired) electrons. The van der Waals surface area contributed by atoms with Gasteiger partial charge in [0.1, 0.15) is 19.0 Å². The minimum Gasteiger partial charge on any atom is -0.480 e. The predicted molar refractivity (Wildman–Crippen MR) is 57.7 cm³/mol. The van der Waals surface area contributed by atoms with Crippen LogP contribution in [-0.2, 0) is 29.0 Å². The number of carboxylic acid groups (broad SMARTS) is 1. The highest BCUT2D eigenvalue weighted by atomic mass is 16.5. The van der Waals surface area contributed by atoms with Gasteiger partial charge in [-0.1, -0.05) is 0 Å². The van der Waals surface area contributed by atoms with Crippen molar-refractivity contribution in [2.45, 2.75) is 19.4 Å². The van der Waals surface area contributed by atoms with Crippen LogP contribution in [-0.4, -0.2) is 27.9 Å². The maximum Gasteiger partial charge on any atom is 0.329 e. The molecule has 0 bridgehead atoms. The van der Waals surface area contributed by atoms with Gasteiger partial charge in [0.25, 0.3) is 0 Å². The summed E-state index contributed by atoms with van der Waals surface area (Å²) in [6.07, 6.45) is 2.85. The smallest absolute Gasteiger partial charge is 0.329 e. The Morgan fingerprint density at radius 2 is 2.17 bits per heavy atom. The van der Waals surface area contributed by atoms with Crippen molar-refractivity contribution in [3.8, 4) is 0 Å². The van der Waals surface area contributed by atoms with Gasteiger partial charge in [-0.15, -0.1) is 10.2 Å². The summed E-state index contributed by atoms with van der Waals surface area (Å²) in [6.45, 7) is -0.385. The van der Waals surface area contributed by atoms with Gasteiger partial charge in [-0.3, -0.25) is 0 Å². The van der Waals surface area contributed by atoms with Crippen LogP contribution >= 0.6 is 0 Å². The number of furan rings is 1. The Hall–Kier alpha value is -2.15. The third-order valence-electron chi connectivity index (χ3n) is 2.13. The maximum absolute atomic E-state index is 10.2. The molecule has 2 heterocycles. The molecule has 1 N–H and O–H groups in total. The molecule has 0 fully saturated rings.